The molecular formula is C16H14N2OS2. The lowest BCUT2D eigenvalue weighted by Crippen LogP contribution is -2.22. The van der Waals surface area contributed by atoms with Crippen LogP contribution in [0, 0.1) is 6.92 Å². The van der Waals surface area contributed by atoms with Crippen LogP contribution in [0.5, 0.6) is 0 Å². The number of rotatable bonds is 4. The number of benzene rings is 1. The van der Waals surface area contributed by atoms with E-state index in [4.69, 9.17) is 0 Å². The molecule has 3 aromatic rings. The van der Waals surface area contributed by atoms with Gasteiger partial charge in [0.15, 0.2) is 0 Å². The molecule has 5 heteroatoms. The number of aromatic nitrogens is 1. The molecule has 0 atom stereocenters. The van der Waals surface area contributed by atoms with Crippen LogP contribution < -0.4 is 5.32 Å². The lowest BCUT2D eigenvalue weighted by molar-refractivity contribution is 0.0951. The first-order valence-corrected chi connectivity index (χ1v) is 8.26. The molecule has 2 heterocycles. The summed E-state index contributed by atoms with van der Waals surface area (Å²) in [6, 6.07) is 13.4. The summed E-state index contributed by atoms with van der Waals surface area (Å²) >= 11 is 3.32. The highest BCUT2D eigenvalue weighted by atomic mass is 32.1. The molecule has 1 N–H and O–H groups in total. The second-order valence-electron chi connectivity index (χ2n) is 4.57. The standard InChI is InChI=1S/C16H14N2OS2/c1-11-18-14(10-20-11)15-8-7-13(21-15)9-17-16(19)12-5-3-2-4-6-12/h2-8,10H,9H2,1H3,(H,17,19). The van der Waals surface area contributed by atoms with Crippen molar-refractivity contribution in [2.45, 2.75) is 13.5 Å². The van der Waals surface area contributed by atoms with E-state index in [0.717, 1.165) is 20.5 Å². The monoisotopic (exact) mass is 314 g/mol. The Bertz CT molecular complexity index is 746. The van der Waals surface area contributed by atoms with E-state index in [1.807, 2.05) is 43.3 Å². The van der Waals surface area contributed by atoms with Crippen LogP contribution in [0.2, 0.25) is 0 Å². The highest BCUT2D eigenvalue weighted by Crippen LogP contribution is 2.28. The second-order valence-corrected chi connectivity index (χ2v) is 6.80. The van der Waals surface area contributed by atoms with Gasteiger partial charge in [-0.05, 0) is 31.2 Å². The number of thiazole rings is 1. The molecule has 0 aliphatic heterocycles. The first-order valence-electron chi connectivity index (χ1n) is 6.57. The van der Waals surface area contributed by atoms with Crippen LogP contribution in [0.1, 0.15) is 20.2 Å². The number of hydrogen-bond acceptors (Lipinski definition) is 4. The van der Waals surface area contributed by atoms with Gasteiger partial charge in [-0.25, -0.2) is 4.98 Å². The lowest BCUT2D eigenvalue weighted by Gasteiger charge is -2.03. The van der Waals surface area contributed by atoms with E-state index in [2.05, 4.69) is 21.7 Å². The molecule has 1 amide bonds. The summed E-state index contributed by atoms with van der Waals surface area (Å²) in [4.78, 5) is 18.7. The quantitative estimate of drug-likeness (QED) is 0.787. The van der Waals surface area contributed by atoms with Crippen molar-refractivity contribution >= 4 is 28.6 Å². The number of aryl methyl sites for hydroxylation is 1. The normalized spacial score (nSPS) is 10.5. The molecule has 0 aliphatic rings. The molecule has 106 valence electrons. The first kappa shape index (κ1) is 14.0. The summed E-state index contributed by atoms with van der Waals surface area (Å²) < 4.78 is 0. The van der Waals surface area contributed by atoms with Gasteiger partial charge in [-0.1, -0.05) is 18.2 Å². The van der Waals surface area contributed by atoms with Crippen molar-refractivity contribution in [2.24, 2.45) is 0 Å². The summed E-state index contributed by atoms with van der Waals surface area (Å²) in [5.74, 6) is -0.0462. The van der Waals surface area contributed by atoms with Crippen LogP contribution in [0.15, 0.2) is 47.8 Å². The van der Waals surface area contributed by atoms with Crippen molar-refractivity contribution in [2.75, 3.05) is 0 Å². The third-order valence-electron chi connectivity index (χ3n) is 2.99. The van der Waals surface area contributed by atoms with Crippen LogP contribution in [-0.4, -0.2) is 10.9 Å². The molecule has 0 unspecified atom stereocenters. The molecule has 0 saturated carbocycles. The number of thiophene rings is 1. The van der Waals surface area contributed by atoms with Crippen LogP contribution in [0.25, 0.3) is 10.6 Å². The molecule has 0 aliphatic carbocycles. The minimum absolute atomic E-state index is 0.0462. The highest BCUT2D eigenvalue weighted by molar-refractivity contribution is 7.16. The molecule has 0 radical (unpaired) electrons. The minimum Gasteiger partial charge on any atom is -0.347 e. The molecular weight excluding hydrogens is 300 g/mol. The molecule has 3 rings (SSSR count). The Balaban J connectivity index is 1.64. The van der Waals surface area contributed by atoms with Crippen LogP contribution in [0.3, 0.4) is 0 Å². The number of nitrogens with one attached hydrogen (secondary N) is 1. The van der Waals surface area contributed by atoms with E-state index in [1.165, 1.54) is 0 Å². The molecule has 2 aromatic heterocycles. The number of carbonyl (C=O) groups is 1. The highest BCUT2D eigenvalue weighted by Gasteiger charge is 2.08. The van der Waals surface area contributed by atoms with Crippen LogP contribution in [-0.2, 0) is 6.54 Å². The predicted molar refractivity (Wildman–Crippen MR) is 87.8 cm³/mol. The van der Waals surface area contributed by atoms with E-state index in [-0.39, 0.29) is 5.91 Å². The average Bonchev–Trinajstić information content (AvgIpc) is 3.14. The lowest BCUT2D eigenvalue weighted by atomic mass is 10.2. The number of nitrogens with zero attached hydrogens (tertiary/aromatic N) is 1. The van der Waals surface area contributed by atoms with Gasteiger partial charge >= 0.3 is 0 Å². The summed E-state index contributed by atoms with van der Waals surface area (Å²) in [6.07, 6.45) is 0. The number of amides is 1. The average molecular weight is 314 g/mol. The zero-order valence-electron chi connectivity index (χ0n) is 11.5. The molecule has 0 saturated heterocycles. The molecule has 0 fully saturated rings. The van der Waals surface area contributed by atoms with Gasteiger partial charge in [0.2, 0.25) is 0 Å². The Morgan fingerprint density at radius 1 is 1.19 bits per heavy atom. The van der Waals surface area contributed by atoms with Crippen LogP contribution in [0.4, 0.5) is 0 Å². The van der Waals surface area contributed by atoms with Gasteiger partial charge in [-0.3, -0.25) is 4.79 Å². The minimum atomic E-state index is -0.0462. The molecule has 3 nitrogen and oxygen atoms in total. The molecule has 21 heavy (non-hydrogen) atoms. The molecule has 0 spiro atoms. The summed E-state index contributed by atoms with van der Waals surface area (Å²) in [5, 5.41) is 6.07. The maximum Gasteiger partial charge on any atom is 0.251 e. The molecule has 0 bridgehead atoms. The summed E-state index contributed by atoms with van der Waals surface area (Å²) in [6.45, 7) is 2.55. The maximum atomic E-state index is 12.0. The first-order chi connectivity index (χ1) is 10.2. The zero-order valence-corrected chi connectivity index (χ0v) is 13.1. The van der Waals surface area contributed by atoms with E-state index >= 15 is 0 Å². The summed E-state index contributed by atoms with van der Waals surface area (Å²) in [5.41, 5.74) is 1.70. The largest absolute Gasteiger partial charge is 0.347 e. The van der Waals surface area contributed by atoms with E-state index in [0.29, 0.717) is 12.1 Å². The van der Waals surface area contributed by atoms with E-state index in [9.17, 15) is 4.79 Å². The van der Waals surface area contributed by atoms with Gasteiger partial charge in [-0.2, -0.15) is 0 Å². The van der Waals surface area contributed by atoms with Crippen molar-refractivity contribution in [3.05, 3.63) is 63.3 Å². The van der Waals surface area contributed by atoms with Crippen molar-refractivity contribution in [3.8, 4) is 10.6 Å². The van der Waals surface area contributed by atoms with Gasteiger partial charge < -0.3 is 5.32 Å². The van der Waals surface area contributed by atoms with E-state index in [1.54, 1.807) is 22.7 Å². The Labute approximate surface area is 131 Å². The smallest absolute Gasteiger partial charge is 0.251 e. The Morgan fingerprint density at radius 3 is 2.71 bits per heavy atom. The second kappa shape index (κ2) is 6.20. The van der Waals surface area contributed by atoms with Crippen molar-refractivity contribution in [1.29, 1.82) is 0 Å². The third kappa shape index (κ3) is 3.37. The predicted octanol–water partition coefficient (Wildman–Crippen LogP) is 4.11. The Morgan fingerprint density at radius 2 is 2.00 bits per heavy atom. The van der Waals surface area contributed by atoms with Gasteiger partial charge in [0.05, 0.1) is 22.1 Å². The van der Waals surface area contributed by atoms with Crippen LogP contribution >= 0.6 is 22.7 Å². The number of hydrogen-bond donors (Lipinski definition) is 1. The fourth-order valence-corrected chi connectivity index (χ4v) is 3.54. The van der Waals surface area contributed by atoms with Gasteiger partial charge in [-0.15, -0.1) is 22.7 Å². The fourth-order valence-electron chi connectivity index (χ4n) is 1.95. The van der Waals surface area contributed by atoms with Crippen molar-refractivity contribution in [3.63, 3.8) is 0 Å². The fraction of sp³-hybridized carbons (Fsp3) is 0.125. The summed E-state index contributed by atoms with van der Waals surface area (Å²) in [7, 11) is 0. The SMILES string of the molecule is Cc1nc(-c2ccc(CNC(=O)c3ccccc3)s2)cs1. The van der Waals surface area contributed by atoms with Crippen molar-refractivity contribution in [1.82, 2.24) is 10.3 Å². The van der Waals surface area contributed by atoms with Gasteiger partial charge in [0, 0.05) is 15.8 Å². The van der Waals surface area contributed by atoms with E-state index < -0.39 is 0 Å². The number of carbonyl (C=O) groups excluding carboxylic acids is 1. The van der Waals surface area contributed by atoms with Crippen molar-refractivity contribution < 1.29 is 4.79 Å². The van der Waals surface area contributed by atoms with Gasteiger partial charge in [0.1, 0.15) is 0 Å². The maximum absolute atomic E-state index is 12.0. The molecule has 1 aromatic carbocycles. The topological polar surface area (TPSA) is 42.0 Å². The van der Waals surface area contributed by atoms with Gasteiger partial charge in [0.25, 0.3) is 5.91 Å². The Hall–Kier alpha value is -1.98. The Kier molecular flexibility index (Phi) is 4.13. The third-order valence-corrected chi connectivity index (χ3v) is 4.87. The zero-order chi connectivity index (χ0) is 14.7.